The van der Waals surface area contributed by atoms with Crippen molar-refractivity contribution in [1.29, 1.82) is 0 Å². The van der Waals surface area contributed by atoms with Gasteiger partial charge in [-0.3, -0.25) is 0 Å². The quantitative estimate of drug-likeness (QED) is 0.912. The molecule has 0 aromatic heterocycles. The lowest BCUT2D eigenvalue weighted by Gasteiger charge is -2.19. The second kappa shape index (κ2) is 6.64. The molecule has 0 heterocycles. The van der Waals surface area contributed by atoms with Crippen LogP contribution in [0.25, 0.3) is 0 Å². The molecule has 0 bridgehead atoms. The van der Waals surface area contributed by atoms with Crippen LogP contribution in [0.3, 0.4) is 0 Å². The molecule has 0 spiro atoms. The van der Waals surface area contributed by atoms with Gasteiger partial charge in [0, 0.05) is 5.02 Å². The monoisotopic (exact) mass is 291 g/mol. The van der Waals surface area contributed by atoms with E-state index >= 15 is 0 Å². The van der Waals surface area contributed by atoms with Gasteiger partial charge in [0.05, 0.1) is 20.3 Å². The number of hydrogen-bond acceptors (Lipinski definition) is 3. The van der Waals surface area contributed by atoms with Gasteiger partial charge in [0.1, 0.15) is 11.5 Å². The van der Waals surface area contributed by atoms with Crippen molar-refractivity contribution < 1.29 is 9.47 Å². The summed E-state index contributed by atoms with van der Waals surface area (Å²) in [6, 6.07) is 13.7. The molecule has 4 heteroatoms. The molecule has 2 aromatic carbocycles. The highest BCUT2D eigenvalue weighted by Gasteiger charge is 2.15. The number of rotatable bonds is 5. The Morgan fingerprint density at radius 3 is 2.05 bits per heavy atom. The lowest BCUT2D eigenvalue weighted by Crippen LogP contribution is -2.18. The van der Waals surface area contributed by atoms with E-state index in [0.717, 1.165) is 22.6 Å². The van der Waals surface area contributed by atoms with Crippen molar-refractivity contribution in [1.82, 2.24) is 5.32 Å². The normalized spacial score (nSPS) is 12.0. The molecule has 0 aliphatic rings. The van der Waals surface area contributed by atoms with Gasteiger partial charge >= 0.3 is 0 Å². The molecular formula is C16H18ClNO2. The molecule has 0 fully saturated rings. The SMILES string of the molecule is CNC(c1ccc(OC)cc1)c1ccc(OC)cc1Cl. The molecule has 3 nitrogen and oxygen atoms in total. The first-order chi connectivity index (χ1) is 9.69. The van der Waals surface area contributed by atoms with E-state index in [-0.39, 0.29) is 6.04 Å². The highest BCUT2D eigenvalue weighted by molar-refractivity contribution is 6.31. The van der Waals surface area contributed by atoms with Gasteiger partial charge in [-0.15, -0.1) is 0 Å². The Balaban J connectivity index is 2.35. The molecule has 0 amide bonds. The van der Waals surface area contributed by atoms with Crippen LogP contribution in [0.2, 0.25) is 5.02 Å². The van der Waals surface area contributed by atoms with Crippen molar-refractivity contribution in [3.8, 4) is 11.5 Å². The molecule has 0 aliphatic carbocycles. The zero-order valence-electron chi connectivity index (χ0n) is 11.8. The fourth-order valence-corrected chi connectivity index (χ4v) is 2.45. The van der Waals surface area contributed by atoms with E-state index in [0.29, 0.717) is 5.02 Å². The molecule has 106 valence electrons. The van der Waals surface area contributed by atoms with Gasteiger partial charge in [-0.1, -0.05) is 29.8 Å². The summed E-state index contributed by atoms with van der Waals surface area (Å²) >= 11 is 6.35. The Labute approximate surface area is 124 Å². The maximum Gasteiger partial charge on any atom is 0.120 e. The Hall–Kier alpha value is -1.71. The predicted octanol–water partition coefficient (Wildman–Crippen LogP) is 3.67. The lowest BCUT2D eigenvalue weighted by molar-refractivity contribution is 0.414. The van der Waals surface area contributed by atoms with Crippen LogP contribution in [0.15, 0.2) is 42.5 Å². The van der Waals surface area contributed by atoms with Gasteiger partial charge in [0.25, 0.3) is 0 Å². The zero-order valence-corrected chi connectivity index (χ0v) is 12.6. The summed E-state index contributed by atoms with van der Waals surface area (Å²) in [5.74, 6) is 1.59. The second-order valence-corrected chi connectivity index (χ2v) is 4.79. The summed E-state index contributed by atoms with van der Waals surface area (Å²) in [7, 11) is 5.20. The molecule has 0 radical (unpaired) electrons. The van der Waals surface area contributed by atoms with Crippen molar-refractivity contribution in [2.45, 2.75) is 6.04 Å². The van der Waals surface area contributed by atoms with Crippen molar-refractivity contribution in [3.63, 3.8) is 0 Å². The van der Waals surface area contributed by atoms with Gasteiger partial charge in [0.15, 0.2) is 0 Å². The zero-order chi connectivity index (χ0) is 14.5. The van der Waals surface area contributed by atoms with Gasteiger partial charge in [-0.2, -0.15) is 0 Å². The van der Waals surface area contributed by atoms with Crippen LogP contribution in [-0.4, -0.2) is 21.3 Å². The molecule has 0 aliphatic heterocycles. The van der Waals surface area contributed by atoms with Crippen molar-refractivity contribution in [2.24, 2.45) is 0 Å². The first kappa shape index (κ1) is 14.7. The van der Waals surface area contributed by atoms with Crippen LogP contribution < -0.4 is 14.8 Å². The van der Waals surface area contributed by atoms with Crippen molar-refractivity contribution >= 4 is 11.6 Å². The van der Waals surface area contributed by atoms with Crippen LogP contribution in [0.5, 0.6) is 11.5 Å². The minimum absolute atomic E-state index is 0.0271. The molecule has 0 saturated carbocycles. The number of methoxy groups -OCH3 is 2. The summed E-state index contributed by atoms with van der Waals surface area (Å²) < 4.78 is 10.4. The van der Waals surface area contributed by atoms with E-state index in [1.165, 1.54) is 0 Å². The van der Waals surface area contributed by atoms with Crippen molar-refractivity contribution in [3.05, 3.63) is 58.6 Å². The molecular weight excluding hydrogens is 274 g/mol. The minimum atomic E-state index is 0.0271. The largest absolute Gasteiger partial charge is 0.497 e. The second-order valence-electron chi connectivity index (χ2n) is 4.38. The Kier molecular flexibility index (Phi) is 4.88. The van der Waals surface area contributed by atoms with E-state index in [4.69, 9.17) is 21.1 Å². The third-order valence-corrected chi connectivity index (χ3v) is 3.58. The van der Waals surface area contributed by atoms with E-state index < -0.39 is 0 Å². The first-order valence-electron chi connectivity index (χ1n) is 6.34. The Morgan fingerprint density at radius 2 is 1.55 bits per heavy atom. The van der Waals surface area contributed by atoms with Crippen LogP contribution in [0.1, 0.15) is 17.2 Å². The third-order valence-electron chi connectivity index (χ3n) is 3.26. The maximum absolute atomic E-state index is 6.35. The smallest absolute Gasteiger partial charge is 0.120 e. The summed E-state index contributed by atoms with van der Waals surface area (Å²) in [4.78, 5) is 0. The molecule has 2 aromatic rings. The molecule has 2 rings (SSSR count). The van der Waals surface area contributed by atoms with Gasteiger partial charge in [-0.25, -0.2) is 0 Å². The molecule has 1 unspecified atom stereocenters. The summed E-state index contributed by atoms with van der Waals surface area (Å²) in [5.41, 5.74) is 2.14. The number of ether oxygens (including phenoxy) is 2. The van der Waals surface area contributed by atoms with E-state index in [2.05, 4.69) is 5.32 Å². The fourth-order valence-electron chi connectivity index (χ4n) is 2.17. The van der Waals surface area contributed by atoms with Crippen LogP contribution in [0, 0.1) is 0 Å². The molecule has 0 saturated heterocycles. The molecule has 1 N–H and O–H groups in total. The van der Waals surface area contributed by atoms with E-state index in [1.54, 1.807) is 14.2 Å². The molecule has 20 heavy (non-hydrogen) atoms. The lowest BCUT2D eigenvalue weighted by atomic mass is 9.98. The summed E-state index contributed by atoms with van der Waals surface area (Å²) in [5, 5.41) is 3.96. The Morgan fingerprint density at radius 1 is 0.950 bits per heavy atom. The first-order valence-corrected chi connectivity index (χ1v) is 6.72. The van der Waals surface area contributed by atoms with Gasteiger partial charge in [-0.05, 0) is 42.4 Å². The number of halogens is 1. The Bertz CT molecular complexity index is 569. The highest BCUT2D eigenvalue weighted by atomic mass is 35.5. The van der Waals surface area contributed by atoms with Crippen LogP contribution >= 0.6 is 11.6 Å². The number of benzene rings is 2. The van der Waals surface area contributed by atoms with Gasteiger partial charge < -0.3 is 14.8 Å². The van der Waals surface area contributed by atoms with Gasteiger partial charge in [0.2, 0.25) is 0 Å². The maximum atomic E-state index is 6.35. The fraction of sp³-hybridized carbons (Fsp3) is 0.250. The van der Waals surface area contributed by atoms with Crippen molar-refractivity contribution in [2.75, 3.05) is 21.3 Å². The number of hydrogen-bond donors (Lipinski definition) is 1. The third kappa shape index (κ3) is 3.06. The summed E-state index contributed by atoms with van der Waals surface area (Å²) in [6.45, 7) is 0. The average molecular weight is 292 g/mol. The topological polar surface area (TPSA) is 30.5 Å². The standard InChI is InChI=1S/C16H18ClNO2/c1-18-16(11-4-6-12(19-2)7-5-11)14-9-8-13(20-3)10-15(14)17/h4-10,16,18H,1-3H3. The predicted molar refractivity (Wildman–Crippen MR) is 81.9 cm³/mol. The van der Waals surface area contributed by atoms with Crippen LogP contribution in [0.4, 0.5) is 0 Å². The van der Waals surface area contributed by atoms with E-state index in [1.807, 2.05) is 49.5 Å². The summed E-state index contributed by atoms with van der Waals surface area (Å²) in [6.07, 6.45) is 0. The highest BCUT2D eigenvalue weighted by Crippen LogP contribution is 2.31. The number of nitrogens with one attached hydrogen (secondary N) is 1. The van der Waals surface area contributed by atoms with Crippen LogP contribution in [-0.2, 0) is 0 Å². The minimum Gasteiger partial charge on any atom is -0.497 e. The molecule has 1 atom stereocenters. The van der Waals surface area contributed by atoms with E-state index in [9.17, 15) is 0 Å². The average Bonchev–Trinajstić information content (AvgIpc) is 2.50.